The number of nitriles is 2. The Kier molecular flexibility index (Phi) is 16.8. The number of aromatic amines is 1. The van der Waals surface area contributed by atoms with Gasteiger partial charge in [0.15, 0.2) is 12.4 Å². The lowest BCUT2D eigenvalue weighted by molar-refractivity contribution is 0.567. The summed E-state index contributed by atoms with van der Waals surface area (Å²) < 4.78 is 0. The first-order valence-electron chi connectivity index (χ1n) is 11.6. The van der Waals surface area contributed by atoms with Gasteiger partial charge in [0.05, 0.1) is 12.0 Å². The molecular weight excluding hydrogens is 436 g/mol. The lowest BCUT2D eigenvalue weighted by Crippen LogP contribution is -2.36. The van der Waals surface area contributed by atoms with E-state index in [2.05, 4.69) is 41.2 Å². The van der Waals surface area contributed by atoms with Gasteiger partial charge in [0.25, 0.3) is 0 Å². The van der Waals surface area contributed by atoms with Gasteiger partial charge in [-0.1, -0.05) is 38.5 Å². The third-order valence-corrected chi connectivity index (χ3v) is 5.90. The van der Waals surface area contributed by atoms with Crippen LogP contribution in [0, 0.1) is 29.8 Å². The van der Waals surface area contributed by atoms with Gasteiger partial charge in [-0.05, 0) is 19.8 Å². The van der Waals surface area contributed by atoms with E-state index in [1.54, 1.807) is 25.1 Å². The lowest BCUT2D eigenvalue weighted by atomic mass is 10.1. The Morgan fingerprint density at radius 2 is 1.61 bits per heavy atom. The summed E-state index contributed by atoms with van der Waals surface area (Å²) in [6.45, 7) is 4.33. The molecule has 0 aliphatic heterocycles. The van der Waals surface area contributed by atoms with E-state index in [1.165, 1.54) is 32.1 Å². The van der Waals surface area contributed by atoms with Crippen LogP contribution in [0.5, 0.6) is 0 Å². The highest BCUT2D eigenvalue weighted by atomic mass is 32.2. The molecule has 0 aliphatic rings. The van der Waals surface area contributed by atoms with E-state index < -0.39 is 0 Å². The molecule has 0 fully saturated rings. The van der Waals surface area contributed by atoms with Crippen molar-refractivity contribution in [3.8, 4) is 12.4 Å². The third-order valence-electron chi connectivity index (χ3n) is 4.93. The molecule has 0 aliphatic carbocycles. The van der Waals surface area contributed by atoms with E-state index in [9.17, 15) is 0 Å². The van der Waals surface area contributed by atoms with E-state index >= 15 is 0 Å². The molecule has 0 aromatic carbocycles. The number of guanidine groups is 2. The van der Waals surface area contributed by atoms with Crippen LogP contribution in [-0.4, -0.2) is 54.3 Å². The molecule has 0 spiro atoms. The fourth-order valence-corrected chi connectivity index (χ4v) is 3.94. The van der Waals surface area contributed by atoms with Crippen LogP contribution in [0.4, 0.5) is 0 Å². The SMILES string of the molecule is CN=C(NC#N)NCCCCCCCCCCN=C(NC#N)NCCSCc1nc[nH]c1C. The summed E-state index contributed by atoms with van der Waals surface area (Å²) in [7, 11) is 1.65. The normalized spacial score (nSPS) is 11.5. The van der Waals surface area contributed by atoms with E-state index in [-0.39, 0.29) is 0 Å². The van der Waals surface area contributed by atoms with Crippen molar-refractivity contribution < 1.29 is 0 Å². The monoisotopic (exact) mass is 474 g/mol. The topological polar surface area (TPSA) is 149 Å². The van der Waals surface area contributed by atoms with Crippen molar-refractivity contribution in [1.82, 2.24) is 31.2 Å². The summed E-state index contributed by atoms with van der Waals surface area (Å²) in [5, 5.41) is 28.9. The van der Waals surface area contributed by atoms with Crippen molar-refractivity contribution in [3.05, 3.63) is 17.7 Å². The lowest BCUT2D eigenvalue weighted by Gasteiger charge is -2.08. The average molecular weight is 475 g/mol. The maximum absolute atomic E-state index is 8.91. The number of imidazole rings is 1. The predicted molar refractivity (Wildman–Crippen MR) is 136 cm³/mol. The molecule has 1 aromatic rings. The zero-order chi connectivity index (χ0) is 24.0. The van der Waals surface area contributed by atoms with Crippen LogP contribution in [0.1, 0.15) is 62.8 Å². The summed E-state index contributed by atoms with van der Waals surface area (Å²) in [6, 6.07) is 0. The number of nitrogens with zero attached hydrogens (tertiary/aromatic N) is 5. The van der Waals surface area contributed by atoms with Gasteiger partial charge in [-0.3, -0.25) is 20.6 Å². The second-order valence-electron chi connectivity index (χ2n) is 7.48. The van der Waals surface area contributed by atoms with Crippen LogP contribution >= 0.6 is 11.8 Å². The maximum Gasteiger partial charge on any atom is 0.204 e. The van der Waals surface area contributed by atoms with E-state index in [0.29, 0.717) is 11.9 Å². The molecule has 0 radical (unpaired) electrons. The zero-order valence-electron chi connectivity index (χ0n) is 19.9. The molecule has 0 bridgehead atoms. The smallest absolute Gasteiger partial charge is 0.204 e. The summed E-state index contributed by atoms with van der Waals surface area (Å²) in [5.41, 5.74) is 2.20. The molecule has 0 saturated carbocycles. The Morgan fingerprint density at radius 1 is 0.970 bits per heavy atom. The number of aryl methyl sites for hydroxylation is 1. The molecule has 0 saturated heterocycles. The minimum Gasteiger partial charge on any atom is -0.356 e. The molecular formula is C22H38N10S. The Bertz CT molecular complexity index is 775. The Labute approximate surface area is 202 Å². The highest BCUT2D eigenvalue weighted by Crippen LogP contribution is 2.11. The van der Waals surface area contributed by atoms with Gasteiger partial charge >= 0.3 is 0 Å². The first-order chi connectivity index (χ1) is 16.2. The van der Waals surface area contributed by atoms with Crippen molar-refractivity contribution in [1.29, 1.82) is 10.5 Å². The highest BCUT2D eigenvalue weighted by Gasteiger charge is 2.02. The number of aromatic nitrogens is 2. The second kappa shape index (κ2) is 19.7. The van der Waals surface area contributed by atoms with Gasteiger partial charge in [-0.15, -0.1) is 0 Å². The van der Waals surface area contributed by atoms with Crippen LogP contribution in [-0.2, 0) is 5.75 Å². The van der Waals surface area contributed by atoms with Gasteiger partial charge in [0.2, 0.25) is 11.9 Å². The van der Waals surface area contributed by atoms with Gasteiger partial charge in [-0.2, -0.15) is 22.3 Å². The van der Waals surface area contributed by atoms with Crippen molar-refractivity contribution in [2.24, 2.45) is 9.98 Å². The summed E-state index contributed by atoms with van der Waals surface area (Å²) >= 11 is 1.80. The fourth-order valence-electron chi connectivity index (χ4n) is 3.06. The maximum atomic E-state index is 8.91. The zero-order valence-corrected chi connectivity index (χ0v) is 20.7. The Hall–Kier alpha value is -2.92. The van der Waals surface area contributed by atoms with E-state index in [0.717, 1.165) is 61.8 Å². The van der Waals surface area contributed by atoms with Crippen LogP contribution in [0.15, 0.2) is 16.3 Å². The number of unbranched alkanes of at least 4 members (excludes halogenated alkanes) is 7. The van der Waals surface area contributed by atoms with Crippen LogP contribution in [0.2, 0.25) is 0 Å². The number of hydrogen-bond donors (Lipinski definition) is 5. The first kappa shape index (κ1) is 28.1. The predicted octanol–water partition coefficient (Wildman–Crippen LogP) is 2.73. The van der Waals surface area contributed by atoms with Crippen molar-refractivity contribution in [2.75, 3.05) is 32.4 Å². The van der Waals surface area contributed by atoms with Gasteiger partial charge < -0.3 is 15.6 Å². The highest BCUT2D eigenvalue weighted by molar-refractivity contribution is 7.98. The number of H-pyrrole nitrogens is 1. The van der Waals surface area contributed by atoms with Crippen LogP contribution < -0.4 is 21.3 Å². The minimum atomic E-state index is 0.530. The Morgan fingerprint density at radius 3 is 2.24 bits per heavy atom. The minimum absolute atomic E-state index is 0.530. The largest absolute Gasteiger partial charge is 0.356 e. The van der Waals surface area contributed by atoms with Crippen molar-refractivity contribution in [3.63, 3.8) is 0 Å². The number of nitrogens with one attached hydrogen (secondary N) is 5. The average Bonchev–Trinajstić information content (AvgIpc) is 3.23. The van der Waals surface area contributed by atoms with Gasteiger partial charge in [-0.25, -0.2) is 4.98 Å². The van der Waals surface area contributed by atoms with Gasteiger partial charge in [0, 0.05) is 43.9 Å². The number of hydrogen-bond acceptors (Lipinski definition) is 6. The van der Waals surface area contributed by atoms with Gasteiger partial charge in [0.1, 0.15) is 0 Å². The molecule has 10 nitrogen and oxygen atoms in total. The van der Waals surface area contributed by atoms with Crippen LogP contribution in [0.25, 0.3) is 0 Å². The molecule has 1 heterocycles. The van der Waals surface area contributed by atoms with E-state index in [4.69, 9.17) is 10.5 Å². The molecule has 33 heavy (non-hydrogen) atoms. The molecule has 11 heteroatoms. The molecule has 0 unspecified atom stereocenters. The van der Waals surface area contributed by atoms with Crippen molar-refractivity contribution in [2.45, 2.75) is 64.0 Å². The number of thioether (sulfide) groups is 1. The molecule has 0 atom stereocenters. The standard InChI is InChI=1S/C22H38N10S/c1-19-20(32-18-31-19)15-33-14-13-28-22(30-17-24)27-12-10-8-6-4-3-5-7-9-11-26-21(25-2)29-16-23/h18H,3-15H2,1-2H3,(H,31,32)(H2,25,26,29)(H2,27,28,30). The number of rotatable bonds is 16. The first-order valence-corrected chi connectivity index (χ1v) is 12.7. The molecule has 182 valence electrons. The quantitative estimate of drug-likeness (QED) is 0.0807. The van der Waals surface area contributed by atoms with E-state index in [1.807, 2.05) is 19.3 Å². The summed E-state index contributed by atoms with van der Waals surface area (Å²) in [4.78, 5) is 15.8. The second-order valence-corrected chi connectivity index (χ2v) is 8.59. The number of aliphatic imine (C=N–C) groups is 2. The summed E-state index contributed by atoms with van der Waals surface area (Å²) in [5.74, 6) is 2.88. The van der Waals surface area contributed by atoms with Crippen LogP contribution in [0.3, 0.4) is 0 Å². The fraction of sp³-hybridized carbons (Fsp3) is 0.682. The molecule has 1 aromatic heterocycles. The Balaban J connectivity index is 1.99. The molecule has 1 rings (SSSR count). The third kappa shape index (κ3) is 14.7. The summed E-state index contributed by atoms with van der Waals surface area (Å²) in [6.07, 6.45) is 14.9. The molecule has 5 N–H and O–H groups in total. The van der Waals surface area contributed by atoms with Crippen molar-refractivity contribution >= 4 is 23.7 Å². The molecule has 0 amide bonds.